The molecule has 2 fully saturated rings. The molecule has 8 nitrogen and oxygen atoms in total. The molecule has 4 rings (SSSR count). The van der Waals surface area contributed by atoms with Gasteiger partial charge in [-0.2, -0.15) is 0 Å². The third kappa shape index (κ3) is 9.65. The summed E-state index contributed by atoms with van der Waals surface area (Å²) >= 11 is 0. The van der Waals surface area contributed by atoms with Crippen LogP contribution in [0.3, 0.4) is 0 Å². The van der Waals surface area contributed by atoms with Gasteiger partial charge in [0.15, 0.2) is 25.0 Å². The van der Waals surface area contributed by atoms with Crippen LogP contribution >= 0.6 is 0 Å². The largest absolute Gasteiger partial charge is 0.497 e. The summed E-state index contributed by atoms with van der Waals surface area (Å²) in [5, 5.41) is -0.166. The van der Waals surface area contributed by atoms with Gasteiger partial charge in [0.05, 0.1) is 20.3 Å². The Hall–Kier alpha value is -1.39. The maximum atomic E-state index is 7.43. The van der Waals surface area contributed by atoms with Crippen molar-refractivity contribution >= 4 is 25.0 Å². The van der Waals surface area contributed by atoms with Gasteiger partial charge in [0.25, 0.3) is 0 Å². The summed E-state index contributed by atoms with van der Waals surface area (Å²) in [7, 11) is -5.45. The van der Waals surface area contributed by atoms with E-state index in [4.69, 9.17) is 37.0 Å². The SMILES string of the molecule is COc1ccc(CO[C@H]2[C@H](OCOCc3ccccc3)[C@@H](O[Si](C)(C)C(C)(C)C)[C@H](O[Si](C)(C)C(C)(C)C)[C@H]3O[C@@]32O[Si](C)(C)C(C)(C)C)cc1. The number of rotatable bonds is 15. The summed E-state index contributed by atoms with van der Waals surface area (Å²) in [6, 6.07) is 18.1. The van der Waals surface area contributed by atoms with E-state index >= 15 is 0 Å². The summed E-state index contributed by atoms with van der Waals surface area (Å²) in [6.07, 6.45) is -2.52. The maximum Gasteiger partial charge on any atom is 0.218 e. The third-order valence-corrected chi connectivity index (χ3v) is 25.4. The lowest BCUT2D eigenvalue weighted by atomic mass is 9.87. The molecular formula is C40H68O8Si3. The number of epoxide rings is 1. The summed E-state index contributed by atoms with van der Waals surface area (Å²) < 4.78 is 54.6. The number of ether oxygens (including phenoxy) is 5. The first-order chi connectivity index (χ1) is 23.4. The topological polar surface area (TPSA) is 77.1 Å². The number of hydrogen-bond acceptors (Lipinski definition) is 8. The molecule has 6 atom stereocenters. The molecule has 1 saturated heterocycles. The van der Waals surface area contributed by atoms with Crippen molar-refractivity contribution in [1.29, 1.82) is 0 Å². The molecule has 0 N–H and O–H groups in total. The van der Waals surface area contributed by atoms with Crippen LogP contribution in [-0.2, 0) is 45.4 Å². The van der Waals surface area contributed by atoms with Crippen LogP contribution in [0.25, 0.3) is 0 Å². The molecule has 0 bridgehead atoms. The van der Waals surface area contributed by atoms with E-state index in [-0.39, 0.29) is 28.0 Å². The molecule has 2 aliphatic rings. The van der Waals surface area contributed by atoms with Crippen molar-refractivity contribution in [3.05, 3.63) is 65.7 Å². The minimum absolute atomic E-state index is 0.0385. The predicted molar refractivity (Wildman–Crippen MR) is 213 cm³/mol. The van der Waals surface area contributed by atoms with Gasteiger partial charge in [0.2, 0.25) is 5.79 Å². The molecule has 1 aliphatic carbocycles. The first-order valence-corrected chi connectivity index (χ1v) is 27.3. The summed E-state index contributed by atoms with van der Waals surface area (Å²) in [5.41, 5.74) is 2.09. The molecule has 1 aliphatic heterocycles. The molecular weight excluding hydrogens is 693 g/mol. The molecule has 0 spiro atoms. The minimum atomic E-state index is -2.41. The Morgan fingerprint density at radius 2 is 1.12 bits per heavy atom. The van der Waals surface area contributed by atoms with E-state index in [1.807, 2.05) is 42.5 Å². The van der Waals surface area contributed by atoms with Gasteiger partial charge in [-0.25, -0.2) is 0 Å². The highest BCUT2D eigenvalue weighted by atomic mass is 28.4. The summed E-state index contributed by atoms with van der Waals surface area (Å²) in [6.45, 7) is 34.8. The Morgan fingerprint density at radius 3 is 1.63 bits per heavy atom. The second-order valence-corrected chi connectivity index (χ2v) is 33.2. The van der Waals surface area contributed by atoms with Gasteiger partial charge in [-0.1, -0.05) is 105 Å². The first-order valence-electron chi connectivity index (χ1n) is 18.6. The van der Waals surface area contributed by atoms with Crippen molar-refractivity contribution in [3.8, 4) is 5.75 Å². The lowest BCUT2D eigenvalue weighted by Crippen LogP contribution is -2.68. The second-order valence-electron chi connectivity index (χ2n) is 19.0. The van der Waals surface area contributed by atoms with Crippen LogP contribution < -0.4 is 4.74 Å². The van der Waals surface area contributed by atoms with Crippen LogP contribution in [0.4, 0.5) is 0 Å². The normalized spacial score (nSPS) is 26.2. The Bertz CT molecular complexity index is 1410. The van der Waals surface area contributed by atoms with E-state index < -0.39 is 55.2 Å². The molecule has 2 aromatic carbocycles. The van der Waals surface area contributed by atoms with Crippen molar-refractivity contribution in [2.45, 2.75) is 166 Å². The van der Waals surface area contributed by atoms with Gasteiger partial charge in [0, 0.05) is 0 Å². The molecule has 1 saturated carbocycles. The quantitative estimate of drug-likeness (QED) is 0.0769. The molecule has 288 valence electrons. The average molecular weight is 761 g/mol. The average Bonchev–Trinajstić information content (AvgIpc) is 3.73. The van der Waals surface area contributed by atoms with Gasteiger partial charge in [-0.3, -0.25) is 0 Å². The Labute approximate surface area is 312 Å². The van der Waals surface area contributed by atoms with Crippen molar-refractivity contribution in [3.63, 3.8) is 0 Å². The molecule has 51 heavy (non-hydrogen) atoms. The van der Waals surface area contributed by atoms with Gasteiger partial charge >= 0.3 is 0 Å². The van der Waals surface area contributed by atoms with Crippen molar-refractivity contribution in [2.75, 3.05) is 13.9 Å². The van der Waals surface area contributed by atoms with E-state index in [1.165, 1.54) is 0 Å². The molecule has 2 aromatic rings. The van der Waals surface area contributed by atoms with Crippen molar-refractivity contribution in [2.24, 2.45) is 0 Å². The molecule has 1 heterocycles. The number of methoxy groups -OCH3 is 1. The fourth-order valence-electron chi connectivity index (χ4n) is 5.60. The van der Waals surface area contributed by atoms with E-state index in [9.17, 15) is 0 Å². The van der Waals surface area contributed by atoms with E-state index in [2.05, 4.69) is 114 Å². The lowest BCUT2D eigenvalue weighted by Gasteiger charge is -2.51. The fourth-order valence-corrected chi connectivity index (χ4v) is 9.58. The molecule has 0 aromatic heterocycles. The molecule has 0 amide bonds. The standard InChI is InChI=1S/C40H68O8Si3/c1-37(2,3)49(11,12)46-32-33(44-28-42-26-29-20-18-17-19-21-29)35(43-27-30-22-24-31(41-10)25-23-30)40(48-51(15,16)39(7,8)9)36(45-40)34(32)47-50(13,14)38(4,5)6/h17-25,32-36H,26-28H2,1-16H3/t32-,33-,34+,35+,36-,40+/m1/s1. The smallest absolute Gasteiger partial charge is 0.218 e. The monoisotopic (exact) mass is 760 g/mol. The van der Waals surface area contributed by atoms with Crippen molar-refractivity contribution in [1.82, 2.24) is 0 Å². The van der Waals surface area contributed by atoms with Gasteiger partial charge in [-0.15, -0.1) is 0 Å². The summed E-state index contributed by atoms with van der Waals surface area (Å²) in [4.78, 5) is 0. The van der Waals surface area contributed by atoms with Gasteiger partial charge in [0.1, 0.15) is 43.1 Å². The van der Waals surface area contributed by atoms with E-state index in [1.54, 1.807) is 7.11 Å². The lowest BCUT2D eigenvalue weighted by molar-refractivity contribution is -0.233. The Morgan fingerprint density at radius 1 is 0.608 bits per heavy atom. The van der Waals surface area contributed by atoms with Crippen LogP contribution in [-0.4, -0.2) is 75.2 Å². The van der Waals surface area contributed by atoms with Gasteiger partial charge in [-0.05, 0) is 77.7 Å². The Balaban J connectivity index is 1.83. The van der Waals surface area contributed by atoms with E-state index in [0.717, 1.165) is 16.9 Å². The van der Waals surface area contributed by atoms with Crippen LogP contribution in [0, 0.1) is 0 Å². The van der Waals surface area contributed by atoms with Crippen LogP contribution in [0.2, 0.25) is 54.4 Å². The zero-order valence-corrected chi connectivity index (χ0v) is 37.5. The van der Waals surface area contributed by atoms with Gasteiger partial charge < -0.3 is 37.0 Å². The summed E-state index contributed by atoms with van der Waals surface area (Å²) in [5.74, 6) is -0.273. The minimum Gasteiger partial charge on any atom is -0.497 e. The molecule has 0 radical (unpaired) electrons. The number of benzene rings is 2. The predicted octanol–water partition coefficient (Wildman–Crippen LogP) is 10.1. The van der Waals surface area contributed by atoms with Crippen LogP contribution in [0.15, 0.2) is 54.6 Å². The fraction of sp³-hybridized carbons (Fsp3) is 0.700. The first kappa shape index (κ1) is 42.4. The molecule has 11 heteroatoms. The highest BCUT2D eigenvalue weighted by Crippen LogP contribution is 2.58. The number of hydrogen-bond donors (Lipinski definition) is 0. The highest BCUT2D eigenvalue weighted by Gasteiger charge is 2.77. The Kier molecular flexibility index (Phi) is 12.8. The molecule has 0 unspecified atom stereocenters. The maximum absolute atomic E-state index is 7.43. The highest BCUT2D eigenvalue weighted by molar-refractivity contribution is 6.75. The zero-order chi connectivity index (χ0) is 38.3. The van der Waals surface area contributed by atoms with E-state index in [0.29, 0.717) is 13.2 Å². The zero-order valence-electron chi connectivity index (χ0n) is 34.5. The van der Waals surface area contributed by atoms with Crippen LogP contribution in [0.1, 0.15) is 73.4 Å². The third-order valence-electron chi connectivity index (χ3n) is 12.0. The number of fused-ring (bicyclic) bond motifs is 1. The second kappa shape index (κ2) is 15.4. The van der Waals surface area contributed by atoms with Crippen molar-refractivity contribution < 1.29 is 37.0 Å². The van der Waals surface area contributed by atoms with Crippen LogP contribution in [0.5, 0.6) is 5.75 Å².